The van der Waals surface area contributed by atoms with Gasteiger partial charge >= 0.3 is 5.97 Å². The quantitative estimate of drug-likeness (QED) is 0.320. The van der Waals surface area contributed by atoms with Gasteiger partial charge in [0.1, 0.15) is 0 Å². The fourth-order valence-electron chi connectivity index (χ4n) is 3.84. The van der Waals surface area contributed by atoms with E-state index in [0.717, 1.165) is 17.8 Å². The zero-order valence-corrected chi connectivity index (χ0v) is 18.9. The summed E-state index contributed by atoms with van der Waals surface area (Å²) >= 11 is 0. The van der Waals surface area contributed by atoms with Gasteiger partial charge in [-0.25, -0.2) is 4.79 Å². The number of benzene rings is 1. The fourth-order valence-corrected chi connectivity index (χ4v) is 3.84. The lowest BCUT2D eigenvalue weighted by Crippen LogP contribution is -2.30. The van der Waals surface area contributed by atoms with Gasteiger partial charge in [-0.3, -0.25) is 19.3 Å². The van der Waals surface area contributed by atoms with Gasteiger partial charge < -0.3 is 14.0 Å². The van der Waals surface area contributed by atoms with Crippen LogP contribution in [0.15, 0.2) is 24.3 Å². The van der Waals surface area contributed by atoms with Crippen LogP contribution < -0.4 is 0 Å². The number of aromatic nitrogens is 1. The molecule has 1 aromatic heterocycles. The third kappa shape index (κ3) is 4.50. The van der Waals surface area contributed by atoms with Crippen LogP contribution >= 0.6 is 0 Å². The third-order valence-electron chi connectivity index (χ3n) is 5.67. The largest absolute Gasteiger partial charge is 0.454 e. The fraction of sp³-hybridized carbons (Fsp3) is 0.417. The number of hydrogen-bond donors (Lipinski definition) is 0. The van der Waals surface area contributed by atoms with E-state index < -0.39 is 18.5 Å². The van der Waals surface area contributed by atoms with Crippen LogP contribution in [0.1, 0.15) is 72.6 Å². The Hall–Kier alpha value is -3.26. The van der Waals surface area contributed by atoms with Crippen molar-refractivity contribution in [2.75, 3.05) is 26.9 Å². The molecule has 0 unspecified atom stereocenters. The number of carbonyl (C=O) groups excluding carboxylic acids is 4. The highest BCUT2D eigenvalue weighted by Crippen LogP contribution is 2.25. The van der Waals surface area contributed by atoms with E-state index in [0.29, 0.717) is 31.7 Å². The minimum absolute atomic E-state index is 0.126. The Morgan fingerprint density at radius 1 is 1.00 bits per heavy atom. The van der Waals surface area contributed by atoms with Crippen molar-refractivity contribution in [3.8, 4) is 0 Å². The van der Waals surface area contributed by atoms with Gasteiger partial charge in [-0.1, -0.05) is 13.3 Å². The molecule has 0 saturated heterocycles. The summed E-state index contributed by atoms with van der Waals surface area (Å²) in [4.78, 5) is 51.4. The normalized spacial score (nSPS) is 12.9. The van der Waals surface area contributed by atoms with E-state index >= 15 is 0 Å². The van der Waals surface area contributed by atoms with E-state index in [9.17, 15) is 19.2 Å². The van der Waals surface area contributed by atoms with E-state index in [-0.39, 0.29) is 28.4 Å². The van der Waals surface area contributed by atoms with Crippen molar-refractivity contribution in [3.63, 3.8) is 0 Å². The second-order valence-electron chi connectivity index (χ2n) is 7.80. The summed E-state index contributed by atoms with van der Waals surface area (Å²) < 4.78 is 12.3. The lowest BCUT2D eigenvalue weighted by molar-refractivity contribution is 0.0474. The van der Waals surface area contributed by atoms with Gasteiger partial charge in [0.15, 0.2) is 6.61 Å². The first-order chi connectivity index (χ1) is 15.3. The number of Topliss-reactive ketones (excluding diaryl/α,β-unsaturated/α-hetero) is 1. The second-order valence-corrected chi connectivity index (χ2v) is 7.80. The number of amides is 2. The third-order valence-corrected chi connectivity index (χ3v) is 5.67. The van der Waals surface area contributed by atoms with Gasteiger partial charge in [0, 0.05) is 37.2 Å². The average Bonchev–Trinajstić information content (AvgIpc) is 3.20. The highest BCUT2D eigenvalue weighted by molar-refractivity contribution is 6.22. The molecule has 0 atom stereocenters. The van der Waals surface area contributed by atoms with Gasteiger partial charge in [-0.15, -0.1) is 0 Å². The molecule has 8 heteroatoms. The topological polar surface area (TPSA) is 94.9 Å². The number of nitrogens with zero attached hydrogens (tertiary/aromatic N) is 2. The zero-order chi connectivity index (χ0) is 23.4. The first kappa shape index (κ1) is 23.4. The number of ether oxygens (including phenoxy) is 2. The molecule has 0 fully saturated rings. The minimum Gasteiger partial charge on any atom is -0.454 e. The number of fused-ring (bicyclic) bond motifs is 1. The van der Waals surface area contributed by atoms with E-state index in [1.54, 1.807) is 13.2 Å². The number of imide groups is 1. The summed E-state index contributed by atoms with van der Waals surface area (Å²) in [6, 6.07) is 6.04. The van der Waals surface area contributed by atoms with Crippen molar-refractivity contribution >= 4 is 23.6 Å². The number of esters is 1. The number of hydrogen-bond acceptors (Lipinski definition) is 6. The molecular formula is C24H28N2O6. The summed E-state index contributed by atoms with van der Waals surface area (Å²) in [5.41, 5.74) is 2.79. The minimum atomic E-state index is -0.721. The summed E-state index contributed by atoms with van der Waals surface area (Å²) in [5.74, 6) is -1.79. The number of methoxy groups -OCH3 is 1. The highest BCUT2D eigenvalue weighted by Gasteiger charge is 2.35. The maximum Gasteiger partial charge on any atom is 0.338 e. The predicted octanol–water partition coefficient (Wildman–Crippen LogP) is 3.19. The van der Waals surface area contributed by atoms with Crippen molar-refractivity contribution in [1.82, 2.24) is 9.47 Å². The number of ketones is 1. The van der Waals surface area contributed by atoms with Crippen molar-refractivity contribution in [3.05, 3.63) is 57.9 Å². The summed E-state index contributed by atoms with van der Waals surface area (Å²) in [7, 11) is 1.62. The van der Waals surface area contributed by atoms with Crippen molar-refractivity contribution < 1.29 is 28.7 Å². The molecule has 1 aromatic carbocycles. The molecule has 0 bridgehead atoms. The Balaban J connectivity index is 1.68. The molecule has 8 nitrogen and oxygen atoms in total. The highest BCUT2D eigenvalue weighted by atomic mass is 16.5. The molecule has 0 spiro atoms. The van der Waals surface area contributed by atoms with Crippen LogP contribution in [0.25, 0.3) is 0 Å². The summed E-state index contributed by atoms with van der Waals surface area (Å²) in [6.07, 6.45) is 1.57. The molecule has 2 aromatic rings. The Morgan fingerprint density at radius 2 is 1.72 bits per heavy atom. The molecule has 0 aliphatic carbocycles. The molecular weight excluding hydrogens is 412 g/mol. The van der Waals surface area contributed by atoms with E-state index in [1.165, 1.54) is 23.1 Å². The number of aryl methyl sites for hydroxylation is 1. The maximum atomic E-state index is 12.6. The SMILES string of the molecule is CCCCN1C(=O)c2ccc(C(=O)OCC(=O)c3cc(C)n(CCOC)c3C)cc2C1=O. The van der Waals surface area contributed by atoms with Crippen LogP contribution in [0, 0.1) is 13.8 Å². The van der Waals surface area contributed by atoms with Crippen LogP contribution in [0.4, 0.5) is 0 Å². The Bertz CT molecular complexity index is 1070. The van der Waals surface area contributed by atoms with Crippen LogP contribution in [-0.4, -0.2) is 59.9 Å². The molecule has 2 heterocycles. The maximum absolute atomic E-state index is 12.6. The molecule has 1 aliphatic rings. The molecule has 0 radical (unpaired) electrons. The lowest BCUT2D eigenvalue weighted by Gasteiger charge is -2.12. The molecule has 0 N–H and O–H groups in total. The standard InChI is InChI=1S/C24H28N2O6/c1-5-6-9-26-22(28)18-8-7-17(13-20(18)23(26)29)24(30)32-14-21(27)19-12-15(2)25(16(19)3)10-11-31-4/h7-8,12-13H,5-6,9-11,14H2,1-4H3. The van der Waals surface area contributed by atoms with Gasteiger partial charge in [-0.05, 0) is 44.5 Å². The van der Waals surface area contributed by atoms with Crippen molar-refractivity contribution in [2.45, 2.75) is 40.2 Å². The Labute approximate surface area is 187 Å². The Kier molecular flexibility index (Phi) is 7.25. The summed E-state index contributed by atoms with van der Waals surface area (Å²) in [5, 5.41) is 0. The van der Waals surface area contributed by atoms with Crippen molar-refractivity contribution in [1.29, 1.82) is 0 Å². The molecule has 2 amide bonds. The number of rotatable bonds is 10. The van der Waals surface area contributed by atoms with Gasteiger partial charge in [-0.2, -0.15) is 0 Å². The van der Waals surface area contributed by atoms with Crippen LogP contribution in [0.3, 0.4) is 0 Å². The van der Waals surface area contributed by atoms with Crippen LogP contribution in [0.2, 0.25) is 0 Å². The Morgan fingerprint density at radius 3 is 2.41 bits per heavy atom. The summed E-state index contributed by atoms with van der Waals surface area (Å²) in [6.45, 7) is 6.79. The second kappa shape index (κ2) is 9.91. The number of carbonyl (C=O) groups is 4. The average molecular weight is 440 g/mol. The van der Waals surface area contributed by atoms with Gasteiger partial charge in [0.25, 0.3) is 11.8 Å². The lowest BCUT2D eigenvalue weighted by atomic mass is 10.1. The van der Waals surface area contributed by atoms with Crippen LogP contribution in [-0.2, 0) is 16.0 Å². The van der Waals surface area contributed by atoms with Gasteiger partial charge in [0.2, 0.25) is 5.78 Å². The van der Waals surface area contributed by atoms with E-state index in [4.69, 9.17) is 9.47 Å². The predicted molar refractivity (Wildman–Crippen MR) is 117 cm³/mol. The van der Waals surface area contributed by atoms with E-state index in [2.05, 4.69) is 0 Å². The first-order valence-corrected chi connectivity index (χ1v) is 10.7. The number of unbranched alkanes of at least 4 members (excludes halogenated alkanes) is 1. The molecule has 3 rings (SSSR count). The smallest absolute Gasteiger partial charge is 0.338 e. The van der Waals surface area contributed by atoms with Gasteiger partial charge in [0.05, 0.1) is 23.3 Å². The monoisotopic (exact) mass is 440 g/mol. The van der Waals surface area contributed by atoms with Crippen molar-refractivity contribution in [2.24, 2.45) is 0 Å². The molecule has 1 aliphatic heterocycles. The molecule has 170 valence electrons. The molecule has 32 heavy (non-hydrogen) atoms. The zero-order valence-electron chi connectivity index (χ0n) is 18.9. The van der Waals surface area contributed by atoms with E-state index in [1.807, 2.05) is 25.3 Å². The molecule has 0 saturated carbocycles. The van der Waals surface area contributed by atoms with Crippen LogP contribution in [0.5, 0.6) is 0 Å². The first-order valence-electron chi connectivity index (χ1n) is 10.7.